The third-order valence-corrected chi connectivity index (χ3v) is 5.85. The van der Waals surface area contributed by atoms with Crippen molar-refractivity contribution < 1.29 is 14.0 Å². The lowest BCUT2D eigenvalue weighted by Crippen LogP contribution is -2.48. The van der Waals surface area contributed by atoms with Gasteiger partial charge in [-0.25, -0.2) is 4.39 Å². The van der Waals surface area contributed by atoms with E-state index in [4.69, 9.17) is 0 Å². The molecule has 0 bridgehead atoms. The molecule has 31 heavy (non-hydrogen) atoms. The molecule has 0 spiro atoms. The zero-order valence-electron chi connectivity index (χ0n) is 18.1. The number of hydrogen-bond acceptors (Lipinski definition) is 3. The Kier molecular flexibility index (Phi) is 5.48. The topological polar surface area (TPSA) is 64.0 Å². The summed E-state index contributed by atoms with van der Waals surface area (Å²) in [5, 5.41) is 7.64. The van der Waals surface area contributed by atoms with Gasteiger partial charge in [0.05, 0.1) is 23.9 Å². The van der Waals surface area contributed by atoms with Crippen LogP contribution < -0.4 is 5.32 Å². The average molecular weight is 420 g/mol. The van der Waals surface area contributed by atoms with E-state index in [-0.39, 0.29) is 30.0 Å². The van der Waals surface area contributed by atoms with Gasteiger partial charge in [0, 0.05) is 23.1 Å². The molecule has 1 N–H and O–H groups in total. The van der Waals surface area contributed by atoms with Crippen LogP contribution in [0.3, 0.4) is 0 Å². The van der Waals surface area contributed by atoms with Crippen molar-refractivity contribution in [3.05, 3.63) is 88.0 Å². The van der Waals surface area contributed by atoms with E-state index in [0.29, 0.717) is 5.56 Å². The predicted octanol–water partition coefficient (Wildman–Crippen LogP) is 4.28. The van der Waals surface area contributed by atoms with E-state index < -0.39 is 12.0 Å². The third kappa shape index (κ3) is 3.90. The molecule has 0 radical (unpaired) electrons. The zero-order chi connectivity index (χ0) is 22.3. The highest BCUT2D eigenvalue weighted by molar-refractivity contribution is 5.99. The van der Waals surface area contributed by atoms with Gasteiger partial charge >= 0.3 is 0 Å². The summed E-state index contributed by atoms with van der Waals surface area (Å²) >= 11 is 0. The molecule has 1 aliphatic carbocycles. The Morgan fingerprint density at radius 3 is 2.52 bits per heavy atom. The van der Waals surface area contributed by atoms with Crippen LogP contribution in [0, 0.1) is 19.7 Å². The Hall–Kier alpha value is -3.28. The van der Waals surface area contributed by atoms with E-state index in [9.17, 15) is 14.0 Å². The van der Waals surface area contributed by atoms with Crippen molar-refractivity contribution in [3.63, 3.8) is 0 Å². The Labute approximate surface area is 181 Å². The lowest BCUT2D eigenvalue weighted by atomic mass is 9.76. The van der Waals surface area contributed by atoms with Crippen molar-refractivity contribution in [3.8, 4) is 0 Å². The standard InChI is InChI=1S/C25H26FN3O2/c1-14(2)29-20-13-21(30)24(27-25(31)18-7-5-6-15(3)12-18)23(22(20)16(4)28-29)17-8-10-19(26)11-9-17/h5-12,14,23-24H,13H2,1-4H3,(H,27,31)/t23-,24-/m0/s1. The molecule has 0 unspecified atom stereocenters. The number of rotatable bonds is 4. The van der Waals surface area contributed by atoms with E-state index >= 15 is 0 Å². The predicted molar refractivity (Wildman–Crippen MR) is 117 cm³/mol. The summed E-state index contributed by atoms with van der Waals surface area (Å²) in [4.78, 5) is 26.3. The minimum Gasteiger partial charge on any atom is -0.341 e. The van der Waals surface area contributed by atoms with Gasteiger partial charge in [0.1, 0.15) is 5.82 Å². The molecule has 1 amide bonds. The number of fused-ring (bicyclic) bond motifs is 1. The largest absolute Gasteiger partial charge is 0.341 e. The number of benzene rings is 2. The average Bonchev–Trinajstić information content (AvgIpc) is 3.05. The van der Waals surface area contributed by atoms with Crippen molar-refractivity contribution in [1.82, 2.24) is 15.1 Å². The number of aryl methyl sites for hydroxylation is 2. The molecule has 3 aromatic rings. The van der Waals surface area contributed by atoms with E-state index in [0.717, 1.165) is 28.1 Å². The summed E-state index contributed by atoms with van der Waals surface area (Å²) in [7, 11) is 0. The Balaban J connectivity index is 1.81. The number of amides is 1. The van der Waals surface area contributed by atoms with Crippen LogP contribution in [0.2, 0.25) is 0 Å². The van der Waals surface area contributed by atoms with E-state index in [1.54, 1.807) is 24.3 Å². The minimum absolute atomic E-state index is 0.0790. The number of carbonyl (C=O) groups is 2. The fourth-order valence-corrected chi connectivity index (χ4v) is 4.45. The summed E-state index contributed by atoms with van der Waals surface area (Å²) in [6.07, 6.45) is 0.199. The molecule has 160 valence electrons. The van der Waals surface area contributed by atoms with Gasteiger partial charge in [-0.15, -0.1) is 0 Å². The fourth-order valence-electron chi connectivity index (χ4n) is 4.45. The van der Waals surface area contributed by atoms with E-state index in [2.05, 4.69) is 10.4 Å². The molecule has 0 aliphatic heterocycles. The highest BCUT2D eigenvalue weighted by Gasteiger charge is 2.41. The maximum atomic E-state index is 13.6. The molecule has 6 heteroatoms. The highest BCUT2D eigenvalue weighted by atomic mass is 19.1. The van der Waals surface area contributed by atoms with Crippen LogP contribution >= 0.6 is 0 Å². The number of carbonyl (C=O) groups excluding carboxylic acids is 2. The third-order valence-electron chi connectivity index (χ3n) is 5.85. The van der Waals surface area contributed by atoms with Gasteiger partial charge in [0.15, 0.2) is 5.78 Å². The molecule has 2 atom stereocenters. The first-order chi connectivity index (χ1) is 14.8. The monoisotopic (exact) mass is 419 g/mol. The summed E-state index contributed by atoms with van der Waals surface area (Å²) in [5.41, 5.74) is 4.87. The second-order valence-corrected chi connectivity index (χ2v) is 8.48. The van der Waals surface area contributed by atoms with Crippen LogP contribution in [0.15, 0.2) is 48.5 Å². The van der Waals surface area contributed by atoms with Crippen molar-refractivity contribution in [2.75, 3.05) is 0 Å². The quantitative estimate of drug-likeness (QED) is 0.687. The van der Waals surface area contributed by atoms with Gasteiger partial charge in [-0.1, -0.05) is 29.8 Å². The number of nitrogens with one attached hydrogen (secondary N) is 1. The number of aromatic nitrogens is 2. The molecule has 0 fully saturated rings. The van der Waals surface area contributed by atoms with Crippen LogP contribution in [0.25, 0.3) is 0 Å². The van der Waals surface area contributed by atoms with Crippen molar-refractivity contribution in [1.29, 1.82) is 0 Å². The van der Waals surface area contributed by atoms with Gasteiger partial charge < -0.3 is 5.32 Å². The van der Waals surface area contributed by atoms with Crippen molar-refractivity contribution in [2.24, 2.45) is 0 Å². The van der Waals surface area contributed by atoms with Crippen molar-refractivity contribution in [2.45, 2.75) is 52.1 Å². The van der Waals surface area contributed by atoms with Crippen LogP contribution in [0.5, 0.6) is 0 Å². The molecule has 2 aromatic carbocycles. The number of Topliss-reactive ketones (excluding diaryl/α,β-unsaturated/α-hetero) is 1. The first-order valence-electron chi connectivity index (χ1n) is 10.5. The van der Waals surface area contributed by atoms with Gasteiger partial charge in [-0.3, -0.25) is 14.3 Å². The van der Waals surface area contributed by atoms with Crippen LogP contribution in [0.1, 0.15) is 64.2 Å². The molecule has 0 saturated heterocycles. The maximum Gasteiger partial charge on any atom is 0.251 e. The number of hydrogen-bond donors (Lipinski definition) is 1. The number of nitrogens with zero attached hydrogens (tertiary/aromatic N) is 2. The SMILES string of the molecule is Cc1cccc(C(=O)N[C@H]2C(=O)Cc3c(c(C)nn3C(C)C)[C@@H]2c2ccc(F)cc2)c1. The molecule has 1 aromatic heterocycles. The lowest BCUT2D eigenvalue weighted by molar-refractivity contribution is -0.121. The van der Waals surface area contributed by atoms with Gasteiger partial charge in [0.25, 0.3) is 5.91 Å². The Morgan fingerprint density at radius 1 is 1.16 bits per heavy atom. The molecular weight excluding hydrogens is 393 g/mol. The number of ketones is 1. The smallest absolute Gasteiger partial charge is 0.251 e. The normalized spacial score (nSPS) is 18.2. The lowest BCUT2D eigenvalue weighted by Gasteiger charge is -2.33. The zero-order valence-corrected chi connectivity index (χ0v) is 18.1. The maximum absolute atomic E-state index is 13.6. The minimum atomic E-state index is -0.755. The van der Waals surface area contributed by atoms with Crippen molar-refractivity contribution >= 4 is 11.7 Å². The molecule has 1 heterocycles. The first-order valence-corrected chi connectivity index (χ1v) is 10.5. The summed E-state index contributed by atoms with van der Waals surface area (Å²) in [6.45, 7) is 7.88. The first kappa shape index (κ1) is 21.0. The molecule has 4 rings (SSSR count). The summed E-state index contributed by atoms with van der Waals surface area (Å²) < 4.78 is 15.5. The second kappa shape index (κ2) is 8.10. The summed E-state index contributed by atoms with van der Waals surface area (Å²) in [6, 6.07) is 12.7. The molecule has 5 nitrogen and oxygen atoms in total. The van der Waals surface area contributed by atoms with Gasteiger partial charge in [-0.05, 0) is 57.5 Å². The van der Waals surface area contributed by atoms with Crippen LogP contribution in [-0.4, -0.2) is 27.5 Å². The van der Waals surface area contributed by atoms with E-state index in [1.807, 2.05) is 44.5 Å². The molecule has 0 saturated carbocycles. The Morgan fingerprint density at radius 2 is 1.87 bits per heavy atom. The van der Waals surface area contributed by atoms with Gasteiger partial charge in [0.2, 0.25) is 0 Å². The Bertz CT molecular complexity index is 1150. The van der Waals surface area contributed by atoms with Gasteiger partial charge in [-0.2, -0.15) is 5.10 Å². The van der Waals surface area contributed by atoms with Crippen LogP contribution in [-0.2, 0) is 11.2 Å². The highest BCUT2D eigenvalue weighted by Crippen LogP contribution is 2.38. The summed E-state index contributed by atoms with van der Waals surface area (Å²) in [5.74, 6) is -1.16. The number of halogens is 1. The molecule has 1 aliphatic rings. The van der Waals surface area contributed by atoms with Crippen LogP contribution in [0.4, 0.5) is 4.39 Å². The fraction of sp³-hybridized carbons (Fsp3) is 0.320. The molecular formula is C25H26FN3O2. The van der Waals surface area contributed by atoms with E-state index in [1.165, 1.54) is 12.1 Å². The second-order valence-electron chi connectivity index (χ2n) is 8.48.